The molecule has 0 spiro atoms. The minimum Gasteiger partial charge on any atom is -0.355 e. The Morgan fingerprint density at radius 2 is 1.89 bits per heavy atom. The topological polar surface area (TPSA) is 84.2 Å². The number of carbonyl (C=O) groups is 2. The van der Waals surface area contributed by atoms with Gasteiger partial charge in [-0.2, -0.15) is 0 Å². The summed E-state index contributed by atoms with van der Waals surface area (Å²) >= 11 is 0. The molecule has 1 atom stereocenters. The number of likely N-dealkylation sites (N-methyl/N-ethyl adjacent to an activating group) is 1. The molecule has 2 amide bonds. The second-order valence-corrected chi connectivity index (χ2v) is 5.08. The van der Waals surface area contributed by atoms with E-state index in [-0.39, 0.29) is 17.7 Å². The summed E-state index contributed by atoms with van der Waals surface area (Å²) in [5.74, 6) is 0.491. The van der Waals surface area contributed by atoms with Gasteiger partial charge in [0.15, 0.2) is 0 Å². The first-order chi connectivity index (χ1) is 8.58. The van der Waals surface area contributed by atoms with Gasteiger partial charge in [0.2, 0.25) is 11.8 Å². The SMILES string of the molecule is CCNC(=O)C(C)NC(=O)C1CCC(CN)CC1. The van der Waals surface area contributed by atoms with Crippen LogP contribution in [0.5, 0.6) is 0 Å². The van der Waals surface area contributed by atoms with Crippen LogP contribution in [0.1, 0.15) is 39.5 Å². The van der Waals surface area contributed by atoms with Gasteiger partial charge in [-0.1, -0.05) is 0 Å². The highest BCUT2D eigenvalue weighted by Gasteiger charge is 2.27. The highest BCUT2D eigenvalue weighted by atomic mass is 16.2. The smallest absolute Gasteiger partial charge is 0.242 e. The van der Waals surface area contributed by atoms with Crippen molar-refractivity contribution in [2.45, 2.75) is 45.6 Å². The minimum atomic E-state index is -0.454. The molecule has 104 valence electrons. The van der Waals surface area contributed by atoms with E-state index < -0.39 is 6.04 Å². The summed E-state index contributed by atoms with van der Waals surface area (Å²) in [5.41, 5.74) is 5.63. The molecule has 1 rings (SSSR count). The lowest BCUT2D eigenvalue weighted by atomic mass is 9.81. The zero-order chi connectivity index (χ0) is 13.5. The first-order valence-corrected chi connectivity index (χ1v) is 6.86. The minimum absolute atomic E-state index is 0.00391. The first-order valence-electron chi connectivity index (χ1n) is 6.86. The predicted molar refractivity (Wildman–Crippen MR) is 70.8 cm³/mol. The lowest BCUT2D eigenvalue weighted by molar-refractivity contribution is -0.131. The molecule has 5 heteroatoms. The Morgan fingerprint density at radius 1 is 1.28 bits per heavy atom. The Bertz CT molecular complexity index is 286. The fourth-order valence-corrected chi connectivity index (χ4v) is 2.38. The molecule has 1 aliphatic rings. The maximum atomic E-state index is 12.0. The molecule has 0 heterocycles. The van der Waals surface area contributed by atoms with E-state index in [2.05, 4.69) is 10.6 Å². The second-order valence-electron chi connectivity index (χ2n) is 5.08. The van der Waals surface area contributed by atoms with Gasteiger partial charge < -0.3 is 16.4 Å². The summed E-state index contributed by atoms with van der Waals surface area (Å²) in [6.45, 7) is 4.87. The normalized spacial score (nSPS) is 25.3. The molecule has 4 N–H and O–H groups in total. The van der Waals surface area contributed by atoms with Crippen molar-refractivity contribution in [1.82, 2.24) is 10.6 Å². The average Bonchev–Trinajstić information content (AvgIpc) is 2.39. The van der Waals surface area contributed by atoms with E-state index in [0.717, 1.165) is 25.7 Å². The van der Waals surface area contributed by atoms with Crippen LogP contribution in [0.25, 0.3) is 0 Å². The number of hydrogen-bond acceptors (Lipinski definition) is 3. The molecule has 18 heavy (non-hydrogen) atoms. The summed E-state index contributed by atoms with van der Waals surface area (Å²) in [6, 6.07) is -0.454. The molecule has 1 saturated carbocycles. The van der Waals surface area contributed by atoms with Crippen LogP contribution in [0.3, 0.4) is 0 Å². The average molecular weight is 255 g/mol. The maximum Gasteiger partial charge on any atom is 0.242 e. The fraction of sp³-hybridized carbons (Fsp3) is 0.846. The van der Waals surface area contributed by atoms with Gasteiger partial charge in [0.05, 0.1) is 0 Å². The third-order valence-corrected chi connectivity index (χ3v) is 3.65. The van der Waals surface area contributed by atoms with Gasteiger partial charge in [-0.05, 0) is 52.0 Å². The Labute approximate surface area is 109 Å². The predicted octanol–water partition coefficient (Wildman–Crippen LogP) is 0.392. The van der Waals surface area contributed by atoms with E-state index in [1.165, 1.54) is 0 Å². The zero-order valence-electron chi connectivity index (χ0n) is 11.4. The van der Waals surface area contributed by atoms with E-state index in [0.29, 0.717) is 19.0 Å². The molecule has 1 unspecified atom stereocenters. The monoisotopic (exact) mass is 255 g/mol. The first kappa shape index (κ1) is 15.0. The number of hydrogen-bond donors (Lipinski definition) is 3. The van der Waals surface area contributed by atoms with Crippen LogP contribution in [-0.2, 0) is 9.59 Å². The van der Waals surface area contributed by atoms with Crippen LogP contribution in [0, 0.1) is 11.8 Å². The van der Waals surface area contributed by atoms with E-state index in [4.69, 9.17) is 5.73 Å². The number of carbonyl (C=O) groups excluding carboxylic acids is 2. The van der Waals surface area contributed by atoms with Gasteiger partial charge in [0.25, 0.3) is 0 Å². The van der Waals surface area contributed by atoms with Crippen molar-refractivity contribution < 1.29 is 9.59 Å². The molecule has 1 aliphatic carbocycles. The van der Waals surface area contributed by atoms with Crippen LogP contribution in [-0.4, -0.2) is 30.9 Å². The van der Waals surface area contributed by atoms with Gasteiger partial charge in [0.1, 0.15) is 6.04 Å². The third-order valence-electron chi connectivity index (χ3n) is 3.65. The van der Waals surface area contributed by atoms with Gasteiger partial charge in [-0.3, -0.25) is 9.59 Å². The quantitative estimate of drug-likeness (QED) is 0.664. The summed E-state index contributed by atoms with van der Waals surface area (Å²) in [7, 11) is 0. The Hall–Kier alpha value is -1.10. The Balaban J connectivity index is 2.35. The van der Waals surface area contributed by atoms with Gasteiger partial charge >= 0.3 is 0 Å². The molecular weight excluding hydrogens is 230 g/mol. The number of nitrogens with one attached hydrogen (secondary N) is 2. The van der Waals surface area contributed by atoms with E-state index in [1.54, 1.807) is 6.92 Å². The molecule has 0 aromatic rings. The number of rotatable bonds is 5. The maximum absolute atomic E-state index is 12.0. The second kappa shape index (κ2) is 7.36. The standard InChI is InChI=1S/C13H25N3O2/c1-3-15-12(17)9(2)16-13(18)11-6-4-10(8-14)5-7-11/h9-11H,3-8,14H2,1-2H3,(H,15,17)(H,16,18). The van der Waals surface area contributed by atoms with Crippen molar-refractivity contribution in [2.24, 2.45) is 17.6 Å². The fourth-order valence-electron chi connectivity index (χ4n) is 2.38. The largest absolute Gasteiger partial charge is 0.355 e. The van der Waals surface area contributed by atoms with Crippen molar-refractivity contribution in [3.05, 3.63) is 0 Å². The zero-order valence-corrected chi connectivity index (χ0v) is 11.4. The van der Waals surface area contributed by atoms with E-state index in [1.807, 2.05) is 6.92 Å². The van der Waals surface area contributed by atoms with Crippen LogP contribution >= 0.6 is 0 Å². The lowest BCUT2D eigenvalue weighted by Gasteiger charge is -2.27. The molecule has 0 radical (unpaired) electrons. The van der Waals surface area contributed by atoms with Gasteiger partial charge in [0, 0.05) is 12.5 Å². The highest BCUT2D eigenvalue weighted by molar-refractivity contribution is 5.88. The molecule has 0 aromatic carbocycles. The highest BCUT2D eigenvalue weighted by Crippen LogP contribution is 2.28. The van der Waals surface area contributed by atoms with Crippen LogP contribution in [0.15, 0.2) is 0 Å². The Morgan fingerprint density at radius 3 is 2.39 bits per heavy atom. The molecular formula is C13H25N3O2. The summed E-state index contributed by atoms with van der Waals surface area (Å²) < 4.78 is 0. The summed E-state index contributed by atoms with van der Waals surface area (Å²) in [4.78, 5) is 23.5. The molecule has 0 aliphatic heterocycles. The molecule has 1 fully saturated rings. The molecule has 0 saturated heterocycles. The molecule has 0 bridgehead atoms. The van der Waals surface area contributed by atoms with E-state index >= 15 is 0 Å². The molecule has 5 nitrogen and oxygen atoms in total. The molecule has 0 aromatic heterocycles. The van der Waals surface area contributed by atoms with Crippen molar-refractivity contribution in [3.8, 4) is 0 Å². The van der Waals surface area contributed by atoms with E-state index in [9.17, 15) is 9.59 Å². The number of amides is 2. The van der Waals surface area contributed by atoms with Crippen LogP contribution in [0.2, 0.25) is 0 Å². The van der Waals surface area contributed by atoms with Crippen LogP contribution in [0.4, 0.5) is 0 Å². The van der Waals surface area contributed by atoms with Crippen molar-refractivity contribution in [2.75, 3.05) is 13.1 Å². The van der Waals surface area contributed by atoms with Crippen molar-refractivity contribution >= 4 is 11.8 Å². The third kappa shape index (κ3) is 4.29. The Kier molecular flexibility index (Phi) is 6.12. The summed E-state index contributed by atoms with van der Waals surface area (Å²) in [6.07, 6.45) is 3.81. The van der Waals surface area contributed by atoms with Gasteiger partial charge in [-0.15, -0.1) is 0 Å². The van der Waals surface area contributed by atoms with Crippen molar-refractivity contribution in [3.63, 3.8) is 0 Å². The number of nitrogens with two attached hydrogens (primary N) is 1. The van der Waals surface area contributed by atoms with Gasteiger partial charge in [-0.25, -0.2) is 0 Å². The van der Waals surface area contributed by atoms with Crippen LogP contribution < -0.4 is 16.4 Å². The lowest BCUT2D eigenvalue weighted by Crippen LogP contribution is -2.47. The van der Waals surface area contributed by atoms with Crippen molar-refractivity contribution in [1.29, 1.82) is 0 Å². The summed E-state index contributed by atoms with van der Waals surface area (Å²) in [5, 5.41) is 5.48.